The zero-order chi connectivity index (χ0) is 17.2. The molecule has 1 N–H and O–H groups in total. The van der Waals surface area contributed by atoms with Gasteiger partial charge in [-0.15, -0.1) is 5.10 Å². The number of urea groups is 1. The Labute approximate surface area is 136 Å². The highest BCUT2D eigenvalue weighted by Gasteiger charge is 2.32. The molecule has 0 spiro atoms. The van der Waals surface area contributed by atoms with Gasteiger partial charge in [0.05, 0.1) is 5.56 Å². The Kier molecular flexibility index (Phi) is 4.37. The van der Waals surface area contributed by atoms with Gasteiger partial charge in [-0.25, -0.2) is 4.79 Å². The number of likely N-dealkylation sites (tertiary alicyclic amines) is 1. The summed E-state index contributed by atoms with van der Waals surface area (Å²) in [6, 6.07) is 8.23. The quantitative estimate of drug-likeness (QED) is 0.913. The summed E-state index contributed by atoms with van der Waals surface area (Å²) >= 11 is 0. The van der Waals surface area contributed by atoms with E-state index >= 15 is 0 Å². The molecule has 1 aliphatic heterocycles. The Balaban J connectivity index is 1.66. The van der Waals surface area contributed by atoms with Crippen LogP contribution in [0, 0.1) is 0 Å². The number of hydrogen-bond acceptors (Lipinski definition) is 3. The number of aromatic nitrogens is 2. The number of rotatable bonds is 2. The van der Waals surface area contributed by atoms with Gasteiger partial charge in [0, 0.05) is 25.2 Å². The number of nitrogens with zero attached hydrogens (tertiary/aromatic N) is 3. The number of hydrogen-bond donors (Lipinski definition) is 1. The van der Waals surface area contributed by atoms with Gasteiger partial charge in [-0.2, -0.15) is 18.3 Å². The highest BCUT2D eigenvalue weighted by Crippen LogP contribution is 2.33. The molecule has 0 aliphatic carbocycles. The molecule has 126 valence electrons. The molecule has 0 unspecified atom stereocenters. The van der Waals surface area contributed by atoms with Crippen LogP contribution in [0.15, 0.2) is 42.6 Å². The fourth-order valence-corrected chi connectivity index (χ4v) is 2.74. The molecule has 1 fully saturated rings. The lowest BCUT2D eigenvalue weighted by atomic mass is 9.96. The Hall–Kier alpha value is -2.64. The Morgan fingerprint density at radius 1 is 1.25 bits per heavy atom. The van der Waals surface area contributed by atoms with E-state index in [0.29, 0.717) is 30.9 Å². The highest BCUT2D eigenvalue weighted by atomic mass is 19.4. The van der Waals surface area contributed by atoms with Crippen LogP contribution in [0.2, 0.25) is 0 Å². The number of halogens is 3. The van der Waals surface area contributed by atoms with Crippen molar-refractivity contribution < 1.29 is 18.0 Å². The van der Waals surface area contributed by atoms with Crippen molar-refractivity contribution in [3.63, 3.8) is 0 Å². The Morgan fingerprint density at radius 3 is 2.79 bits per heavy atom. The van der Waals surface area contributed by atoms with Crippen LogP contribution in [0.25, 0.3) is 0 Å². The SMILES string of the molecule is O=C(Nc1cccnn1)N1CC[C@H](c2cccc(C(F)(F)F)c2)C1. The van der Waals surface area contributed by atoms with E-state index in [4.69, 9.17) is 0 Å². The van der Waals surface area contributed by atoms with E-state index in [1.807, 2.05) is 0 Å². The monoisotopic (exact) mass is 336 g/mol. The van der Waals surface area contributed by atoms with Crippen LogP contribution >= 0.6 is 0 Å². The van der Waals surface area contributed by atoms with Crippen molar-refractivity contribution in [1.82, 2.24) is 15.1 Å². The van der Waals surface area contributed by atoms with Crippen LogP contribution in [0.3, 0.4) is 0 Å². The van der Waals surface area contributed by atoms with Crippen molar-refractivity contribution in [2.24, 2.45) is 0 Å². The first-order valence-corrected chi connectivity index (χ1v) is 7.44. The van der Waals surface area contributed by atoms with Crippen LogP contribution in [-0.2, 0) is 6.18 Å². The first kappa shape index (κ1) is 16.2. The predicted molar refractivity (Wildman–Crippen MR) is 81.4 cm³/mol. The standard InChI is InChI=1S/C16H15F3N4O/c17-16(18,19)13-4-1-3-11(9-13)12-6-8-23(10-12)15(24)21-14-5-2-7-20-22-14/h1-5,7,9,12H,6,8,10H2,(H,21,22,24)/t12-/m0/s1. The normalized spacial score (nSPS) is 17.8. The van der Waals surface area contributed by atoms with Gasteiger partial charge in [0.2, 0.25) is 0 Å². The number of carbonyl (C=O) groups excluding carboxylic acids is 1. The van der Waals surface area contributed by atoms with Gasteiger partial charge in [0.25, 0.3) is 0 Å². The summed E-state index contributed by atoms with van der Waals surface area (Å²) in [6.07, 6.45) is -2.25. The second-order valence-electron chi connectivity index (χ2n) is 5.59. The van der Waals surface area contributed by atoms with Crippen LogP contribution in [-0.4, -0.2) is 34.2 Å². The summed E-state index contributed by atoms with van der Waals surface area (Å²) < 4.78 is 38.4. The molecule has 0 radical (unpaired) electrons. The zero-order valence-corrected chi connectivity index (χ0v) is 12.6. The molecule has 1 aliphatic rings. The van der Waals surface area contributed by atoms with Crippen molar-refractivity contribution in [3.05, 3.63) is 53.7 Å². The molecule has 0 bridgehead atoms. The molecule has 5 nitrogen and oxygen atoms in total. The number of amides is 2. The van der Waals surface area contributed by atoms with E-state index in [1.165, 1.54) is 12.3 Å². The zero-order valence-electron chi connectivity index (χ0n) is 12.6. The minimum Gasteiger partial charge on any atom is -0.324 e. The minimum absolute atomic E-state index is 0.111. The molecule has 1 aromatic heterocycles. The molecule has 1 saturated heterocycles. The fraction of sp³-hybridized carbons (Fsp3) is 0.312. The Bertz CT molecular complexity index is 721. The van der Waals surface area contributed by atoms with Gasteiger partial charge in [-0.1, -0.05) is 18.2 Å². The lowest BCUT2D eigenvalue weighted by Crippen LogP contribution is -2.33. The molecular formula is C16H15F3N4O. The molecule has 1 atom stereocenters. The molecule has 2 aromatic rings. The lowest BCUT2D eigenvalue weighted by molar-refractivity contribution is -0.137. The minimum atomic E-state index is -4.36. The smallest absolute Gasteiger partial charge is 0.324 e. The average molecular weight is 336 g/mol. The summed E-state index contributed by atoms with van der Waals surface area (Å²) in [5, 5.41) is 10.1. The fourth-order valence-electron chi connectivity index (χ4n) is 2.74. The third kappa shape index (κ3) is 3.64. The molecular weight excluding hydrogens is 321 g/mol. The van der Waals surface area contributed by atoms with E-state index in [9.17, 15) is 18.0 Å². The molecule has 24 heavy (non-hydrogen) atoms. The van der Waals surface area contributed by atoms with Gasteiger partial charge in [-0.05, 0) is 30.2 Å². The van der Waals surface area contributed by atoms with Crippen molar-refractivity contribution in [2.45, 2.75) is 18.5 Å². The van der Waals surface area contributed by atoms with Crippen LogP contribution in [0.5, 0.6) is 0 Å². The van der Waals surface area contributed by atoms with E-state index in [0.717, 1.165) is 12.1 Å². The van der Waals surface area contributed by atoms with Crippen molar-refractivity contribution >= 4 is 11.8 Å². The molecule has 2 amide bonds. The van der Waals surface area contributed by atoms with Gasteiger partial charge < -0.3 is 4.90 Å². The van der Waals surface area contributed by atoms with Gasteiger partial charge >= 0.3 is 12.2 Å². The molecule has 0 saturated carbocycles. The third-order valence-corrected chi connectivity index (χ3v) is 3.97. The molecule has 8 heteroatoms. The van der Waals surface area contributed by atoms with E-state index in [-0.39, 0.29) is 11.9 Å². The number of nitrogens with one attached hydrogen (secondary N) is 1. The van der Waals surface area contributed by atoms with Crippen molar-refractivity contribution in [3.8, 4) is 0 Å². The largest absolute Gasteiger partial charge is 0.416 e. The Morgan fingerprint density at radius 2 is 2.08 bits per heavy atom. The summed E-state index contributed by atoms with van der Waals surface area (Å²) in [7, 11) is 0. The van der Waals surface area contributed by atoms with Gasteiger partial charge in [0.1, 0.15) is 0 Å². The predicted octanol–water partition coefficient (Wildman–Crippen LogP) is 3.52. The maximum Gasteiger partial charge on any atom is 0.416 e. The number of alkyl halides is 3. The summed E-state index contributed by atoms with van der Waals surface area (Å²) in [6.45, 7) is 0.848. The molecule has 3 rings (SSSR count). The molecule has 2 heterocycles. The van der Waals surface area contributed by atoms with E-state index in [2.05, 4.69) is 15.5 Å². The molecule has 1 aromatic carbocycles. The summed E-state index contributed by atoms with van der Waals surface area (Å²) in [4.78, 5) is 13.8. The number of anilines is 1. The number of benzene rings is 1. The lowest BCUT2D eigenvalue weighted by Gasteiger charge is -2.17. The van der Waals surface area contributed by atoms with Gasteiger partial charge in [-0.3, -0.25) is 5.32 Å². The first-order valence-electron chi connectivity index (χ1n) is 7.44. The second kappa shape index (κ2) is 6.46. The average Bonchev–Trinajstić information content (AvgIpc) is 3.05. The van der Waals surface area contributed by atoms with Gasteiger partial charge in [0.15, 0.2) is 5.82 Å². The van der Waals surface area contributed by atoms with Crippen molar-refractivity contribution in [2.75, 3.05) is 18.4 Å². The van der Waals surface area contributed by atoms with Crippen LogP contribution < -0.4 is 5.32 Å². The second-order valence-corrected chi connectivity index (χ2v) is 5.59. The maximum absolute atomic E-state index is 12.8. The summed E-state index contributed by atoms with van der Waals surface area (Å²) in [5.74, 6) is 0.227. The maximum atomic E-state index is 12.8. The summed E-state index contributed by atoms with van der Waals surface area (Å²) in [5.41, 5.74) is -0.0675. The van der Waals surface area contributed by atoms with Crippen LogP contribution in [0.4, 0.5) is 23.8 Å². The van der Waals surface area contributed by atoms with Crippen LogP contribution in [0.1, 0.15) is 23.5 Å². The third-order valence-electron chi connectivity index (χ3n) is 3.97. The topological polar surface area (TPSA) is 58.1 Å². The van der Waals surface area contributed by atoms with E-state index in [1.54, 1.807) is 23.1 Å². The number of carbonyl (C=O) groups is 1. The van der Waals surface area contributed by atoms with Crippen molar-refractivity contribution in [1.29, 1.82) is 0 Å². The highest BCUT2D eigenvalue weighted by molar-refractivity contribution is 5.88. The van der Waals surface area contributed by atoms with E-state index < -0.39 is 11.7 Å². The first-order chi connectivity index (χ1) is 11.4.